The number of hydrogen-bond donors (Lipinski definition) is 0. The van der Waals surface area contributed by atoms with Crippen molar-refractivity contribution < 1.29 is 0 Å². The van der Waals surface area contributed by atoms with Crippen molar-refractivity contribution in [1.82, 2.24) is 19.7 Å². The van der Waals surface area contributed by atoms with E-state index in [1.807, 2.05) is 10.9 Å². The average molecular weight is 445 g/mol. The number of aromatic nitrogens is 3. The van der Waals surface area contributed by atoms with Gasteiger partial charge in [-0.2, -0.15) is 10.4 Å². The summed E-state index contributed by atoms with van der Waals surface area (Å²) in [4.78, 5) is 9.89. The van der Waals surface area contributed by atoms with Crippen LogP contribution in [0.5, 0.6) is 0 Å². The average Bonchev–Trinajstić information content (AvgIpc) is 3.27. The predicted octanol–water partition coefficient (Wildman–Crippen LogP) is 5.65. The van der Waals surface area contributed by atoms with E-state index in [-0.39, 0.29) is 12.0 Å². The maximum Gasteiger partial charge on any atom is 0.160 e. The quantitative estimate of drug-likeness (QED) is 0.449. The van der Waals surface area contributed by atoms with Crippen LogP contribution in [0.2, 0.25) is 0 Å². The lowest BCUT2D eigenvalue weighted by atomic mass is 9.97. The minimum absolute atomic E-state index is 0.165. The lowest BCUT2D eigenvalue weighted by molar-refractivity contribution is 0.321. The molecule has 6 heteroatoms. The molecule has 0 unspecified atom stereocenters. The monoisotopic (exact) mass is 444 g/mol. The van der Waals surface area contributed by atoms with Crippen LogP contribution in [-0.2, 0) is 6.54 Å². The van der Waals surface area contributed by atoms with Crippen molar-refractivity contribution in [2.24, 2.45) is 5.92 Å². The summed E-state index contributed by atoms with van der Waals surface area (Å²) in [6, 6.07) is 13.7. The Hall–Kier alpha value is -2.91. The number of pyridine rings is 1. The molecule has 2 aromatic heterocycles. The van der Waals surface area contributed by atoms with Crippen LogP contribution >= 0.6 is 0 Å². The Morgan fingerprint density at radius 3 is 2.70 bits per heavy atom. The highest BCUT2D eigenvalue weighted by Gasteiger charge is 2.23. The van der Waals surface area contributed by atoms with Gasteiger partial charge in [0, 0.05) is 37.2 Å². The van der Waals surface area contributed by atoms with Crippen molar-refractivity contribution in [3.63, 3.8) is 0 Å². The number of nitrogens with zero attached hydrogens (tertiary/aromatic N) is 6. The van der Waals surface area contributed by atoms with E-state index in [4.69, 9.17) is 4.98 Å². The molecule has 3 aromatic rings. The van der Waals surface area contributed by atoms with Crippen LogP contribution < -0.4 is 4.90 Å². The number of hydrogen-bond acceptors (Lipinski definition) is 5. The summed E-state index contributed by atoms with van der Waals surface area (Å²) in [5.74, 6) is 0.165. The lowest BCUT2D eigenvalue weighted by Gasteiger charge is -2.31. The zero-order chi connectivity index (χ0) is 23.4. The summed E-state index contributed by atoms with van der Waals surface area (Å²) in [5, 5.41) is 15.1. The second-order valence-corrected chi connectivity index (χ2v) is 9.63. The molecule has 0 N–H and O–H groups in total. The number of rotatable bonds is 8. The smallest absolute Gasteiger partial charge is 0.160 e. The van der Waals surface area contributed by atoms with E-state index < -0.39 is 0 Å². The molecule has 0 radical (unpaired) electrons. The van der Waals surface area contributed by atoms with Gasteiger partial charge in [-0.3, -0.25) is 0 Å². The summed E-state index contributed by atoms with van der Waals surface area (Å²) in [6.45, 7) is 10.4. The first-order valence-electron chi connectivity index (χ1n) is 12.3. The number of nitriles is 1. The molecule has 174 valence electrons. The maximum atomic E-state index is 9.32. The summed E-state index contributed by atoms with van der Waals surface area (Å²) in [7, 11) is 2.19. The van der Waals surface area contributed by atoms with Gasteiger partial charge in [-0.1, -0.05) is 31.5 Å². The summed E-state index contributed by atoms with van der Waals surface area (Å²) >= 11 is 0. The van der Waals surface area contributed by atoms with Gasteiger partial charge >= 0.3 is 0 Å². The van der Waals surface area contributed by atoms with Crippen LogP contribution in [0.4, 0.5) is 5.69 Å². The fraction of sp³-hybridized carbons (Fsp3) is 0.519. The van der Waals surface area contributed by atoms with E-state index in [9.17, 15) is 5.26 Å². The molecule has 0 spiro atoms. The van der Waals surface area contributed by atoms with E-state index in [0.29, 0.717) is 0 Å². The molecular formula is C27H36N6. The van der Waals surface area contributed by atoms with Crippen molar-refractivity contribution >= 4 is 16.7 Å². The van der Waals surface area contributed by atoms with Crippen LogP contribution in [0.15, 0.2) is 36.5 Å². The first-order chi connectivity index (χ1) is 16.0. The Kier molecular flexibility index (Phi) is 7.29. The van der Waals surface area contributed by atoms with Gasteiger partial charge in [0.15, 0.2) is 5.65 Å². The number of fused-ring (bicyclic) bond motifs is 1. The fourth-order valence-corrected chi connectivity index (χ4v) is 4.69. The summed E-state index contributed by atoms with van der Waals surface area (Å²) in [5.41, 5.74) is 5.55. The topological polar surface area (TPSA) is 61.0 Å². The number of benzene rings is 1. The van der Waals surface area contributed by atoms with Gasteiger partial charge in [0.05, 0.1) is 29.0 Å². The van der Waals surface area contributed by atoms with E-state index in [2.05, 4.69) is 79.1 Å². The van der Waals surface area contributed by atoms with Gasteiger partial charge in [0.1, 0.15) is 0 Å². The predicted molar refractivity (Wildman–Crippen MR) is 135 cm³/mol. The molecular weight excluding hydrogens is 408 g/mol. The fourth-order valence-electron chi connectivity index (χ4n) is 4.69. The maximum absolute atomic E-state index is 9.32. The highest BCUT2D eigenvalue weighted by Crippen LogP contribution is 2.34. The molecule has 6 nitrogen and oxygen atoms in total. The van der Waals surface area contributed by atoms with Crippen LogP contribution in [0.3, 0.4) is 0 Å². The van der Waals surface area contributed by atoms with Crippen LogP contribution in [0.1, 0.15) is 58.1 Å². The highest BCUT2D eigenvalue weighted by atomic mass is 15.3. The molecule has 1 aromatic carbocycles. The number of unbranched alkanes of at least 4 members (excludes halogenated alkanes) is 1. The summed E-state index contributed by atoms with van der Waals surface area (Å²) in [6.07, 6.45) is 6.21. The van der Waals surface area contributed by atoms with Crippen molar-refractivity contribution in [3.8, 4) is 17.3 Å². The van der Waals surface area contributed by atoms with Crippen molar-refractivity contribution in [1.29, 1.82) is 5.26 Å². The molecule has 0 aliphatic carbocycles. The third-order valence-electron chi connectivity index (χ3n) is 6.62. The Balaban J connectivity index is 1.71. The molecule has 1 fully saturated rings. The van der Waals surface area contributed by atoms with E-state index in [1.165, 1.54) is 24.1 Å². The van der Waals surface area contributed by atoms with Gasteiger partial charge < -0.3 is 9.80 Å². The van der Waals surface area contributed by atoms with Gasteiger partial charge in [-0.15, -0.1) is 0 Å². The van der Waals surface area contributed by atoms with Gasteiger partial charge in [-0.05, 0) is 64.4 Å². The second-order valence-electron chi connectivity index (χ2n) is 9.63. The molecule has 1 aliphatic rings. The zero-order valence-electron chi connectivity index (χ0n) is 20.5. The molecule has 0 atom stereocenters. The summed E-state index contributed by atoms with van der Waals surface area (Å²) < 4.78 is 2.02. The second kappa shape index (κ2) is 10.4. The lowest BCUT2D eigenvalue weighted by Crippen LogP contribution is -2.33. The zero-order valence-corrected chi connectivity index (χ0v) is 20.5. The van der Waals surface area contributed by atoms with E-state index in [0.717, 1.165) is 61.3 Å². The third kappa shape index (κ3) is 5.20. The number of piperidine rings is 1. The third-order valence-corrected chi connectivity index (χ3v) is 6.62. The van der Waals surface area contributed by atoms with Crippen molar-refractivity contribution in [2.75, 3.05) is 31.6 Å². The van der Waals surface area contributed by atoms with Gasteiger partial charge in [0.25, 0.3) is 0 Å². The standard InChI is InChI=1S/C27H36N6/c1-5-6-12-31(4)19-22-8-7-9-23(15-22)25-16-26(32-13-10-21(17-28)11-14-32)24-18-29-33(20(2)3)27(24)30-25/h7-9,15-16,18,20-21H,5-6,10-14,19H2,1-4H3. The molecule has 1 aliphatic heterocycles. The van der Waals surface area contributed by atoms with Crippen LogP contribution in [0.25, 0.3) is 22.3 Å². The largest absolute Gasteiger partial charge is 0.371 e. The molecule has 3 heterocycles. The van der Waals surface area contributed by atoms with Crippen molar-refractivity contribution in [2.45, 2.75) is 59.0 Å². The molecule has 0 bridgehead atoms. The molecule has 0 amide bonds. The molecule has 1 saturated heterocycles. The molecule has 0 saturated carbocycles. The minimum Gasteiger partial charge on any atom is -0.371 e. The van der Waals surface area contributed by atoms with Crippen LogP contribution in [0, 0.1) is 17.2 Å². The van der Waals surface area contributed by atoms with E-state index in [1.54, 1.807) is 0 Å². The first-order valence-corrected chi connectivity index (χ1v) is 12.3. The first kappa shape index (κ1) is 23.3. The molecule has 4 rings (SSSR count). The van der Waals surface area contributed by atoms with Gasteiger partial charge in [0.2, 0.25) is 0 Å². The Labute approximate surface area is 197 Å². The normalized spacial score (nSPS) is 15.0. The van der Waals surface area contributed by atoms with Crippen LogP contribution in [-0.4, -0.2) is 46.3 Å². The Morgan fingerprint density at radius 2 is 2.00 bits per heavy atom. The van der Waals surface area contributed by atoms with Crippen molar-refractivity contribution in [3.05, 3.63) is 42.1 Å². The van der Waals surface area contributed by atoms with E-state index >= 15 is 0 Å². The highest BCUT2D eigenvalue weighted by molar-refractivity contribution is 5.92. The Bertz CT molecular complexity index is 1120. The Morgan fingerprint density at radius 1 is 1.21 bits per heavy atom. The number of anilines is 1. The van der Waals surface area contributed by atoms with Gasteiger partial charge in [-0.25, -0.2) is 9.67 Å². The molecule has 33 heavy (non-hydrogen) atoms. The SMILES string of the molecule is CCCCN(C)Cc1cccc(-c2cc(N3CCC(C#N)CC3)c3cnn(C(C)C)c3n2)c1. The minimum atomic E-state index is 0.165.